The number of rotatable bonds is 2. The van der Waals surface area contributed by atoms with Crippen LogP contribution in [0, 0.1) is 11.3 Å². The number of aromatic nitrogens is 2. The molecule has 0 fully saturated rings. The van der Waals surface area contributed by atoms with Crippen LogP contribution in [0.5, 0.6) is 0 Å². The van der Waals surface area contributed by atoms with Crippen LogP contribution in [0.2, 0.25) is 0 Å². The molecule has 0 spiro atoms. The molecule has 1 rings (SSSR count). The molecule has 62 valence electrons. The predicted molar refractivity (Wildman–Crippen MR) is 45.7 cm³/mol. The van der Waals surface area contributed by atoms with E-state index in [0.29, 0.717) is 5.56 Å². The van der Waals surface area contributed by atoms with Gasteiger partial charge in [0.25, 0.3) is 0 Å². The van der Waals surface area contributed by atoms with Crippen LogP contribution < -0.4 is 4.90 Å². The minimum absolute atomic E-state index is 0.542. The van der Waals surface area contributed by atoms with Gasteiger partial charge in [0.1, 0.15) is 6.07 Å². The molecule has 0 unspecified atom stereocenters. The van der Waals surface area contributed by atoms with Crippen molar-refractivity contribution in [1.29, 1.82) is 5.26 Å². The van der Waals surface area contributed by atoms with Gasteiger partial charge in [0.05, 0.1) is 11.8 Å². The average molecular weight is 162 g/mol. The topological polar surface area (TPSA) is 52.8 Å². The van der Waals surface area contributed by atoms with Gasteiger partial charge in [-0.2, -0.15) is 10.4 Å². The number of nitrogens with zero attached hydrogens (tertiary/aromatic N) is 4. The van der Waals surface area contributed by atoms with Crippen molar-refractivity contribution in [3.8, 4) is 6.07 Å². The van der Waals surface area contributed by atoms with Gasteiger partial charge >= 0.3 is 0 Å². The molecule has 4 nitrogen and oxygen atoms in total. The number of hydrogen-bond donors (Lipinski definition) is 0. The second kappa shape index (κ2) is 3.67. The van der Waals surface area contributed by atoms with Gasteiger partial charge in [-0.15, -0.1) is 5.10 Å². The third-order valence-electron chi connectivity index (χ3n) is 1.64. The van der Waals surface area contributed by atoms with Crippen molar-refractivity contribution >= 4 is 5.82 Å². The summed E-state index contributed by atoms with van der Waals surface area (Å²) in [5.41, 5.74) is 0.542. The van der Waals surface area contributed by atoms with Crippen molar-refractivity contribution in [2.24, 2.45) is 0 Å². The zero-order valence-corrected chi connectivity index (χ0v) is 7.15. The minimum Gasteiger partial charge on any atom is -0.358 e. The van der Waals surface area contributed by atoms with Crippen molar-refractivity contribution in [1.82, 2.24) is 10.2 Å². The summed E-state index contributed by atoms with van der Waals surface area (Å²) in [5.74, 6) is 0.733. The van der Waals surface area contributed by atoms with Crippen molar-refractivity contribution in [3.63, 3.8) is 0 Å². The van der Waals surface area contributed by atoms with Crippen LogP contribution in [0.4, 0.5) is 5.82 Å². The van der Waals surface area contributed by atoms with Crippen LogP contribution >= 0.6 is 0 Å². The second-order valence-corrected chi connectivity index (χ2v) is 2.43. The monoisotopic (exact) mass is 162 g/mol. The fraction of sp³-hybridized carbons (Fsp3) is 0.375. The SMILES string of the molecule is CCN(C)c1cc(C#N)cnn1. The Hall–Kier alpha value is -1.63. The van der Waals surface area contributed by atoms with E-state index in [9.17, 15) is 0 Å². The highest BCUT2D eigenvalue weighted by molar-refractivity contribution is 5.42. The van der Waals surface area contributed by atoms with Gasteiger partial charge in [-0.1, -0.05) is 0 Å². The van der Waals surface area contributed by atoms with Gasteiger partial charge in [0, 0.05) is 19.7 Å². The van der Waals surface area contributed by atoms with Crippen molar-refractivity contribution in [2.45, 2.75) is 6.92 Å². The number of hydrogen-bond acceptors (Lipinski definition) is 4. The van der Waals surface area contributed by atoms with Crippen molar-refractivity contribution < 1.29 is 0 Å². The average Bonchev–Trinajstić information content (AvgIpc) is 2.17. The van der Waals surface area contributed by atoms with Gasteiger partial charge in [-0.05, 0) is 6.92 Å². The van der Waals surface area contributed by atoms with Gasteiger partial charge in [-0.25, -0.2) is 0 Å². The summed E-state index contributed by atoms with van der Waals surface area (Å²) in [6.07, 6.45) is 1.45. The van der Waals surface area contributed by atoms with Crippen LogP contribution in [-0.4, -0.2) is 23.8 Å². The van der Waals surface area contributed by atoms with E-state index in [0.717, 1.165) is 12.4 Å². The molecule has 0 saturated carbocycles. The third-order valence-corrected chi connectivity index (χ3v) is 1.64. The first kappa shape index (κ1) is 8.47. The molecule has 0 radical (unpaired) electrons. The molecule has 1 heterocycles. The Kier molecular flexibility index (Phi) is 2.59. The summed E-state index contributed by atoms with van der Waals surface area (Å²) in [6.45, 7) is 2.87. The molecular weight excluding hydrogens is 152 g/mol. The highest BCUT2D eigenvalue weighted by Gasteiger charge is 2.00. The first-order valence-electron chi connectivity index (χ1n) is 3.72. The van der Waals surface area contributed by atoms with E-state index in [1.165, 1.54) is 6.20 Å². The largest absolute Gasteiger partial charge is 0.358 e. The first-order valence-corrected chi connectivity index (χ1v) is 3.72. The molecule has 0 aliphatic carbocycles. The highest BCUT2D eigenvalue weighted by atomic mass is 15.2. The highest BCUT2D eigenvalue weighted by Crippen LogP contribution is 2.07. The predicted octanol–water partition coefficient (Wildman–Crippen LogP) is 0.804. The molecule has 12 heavy (non-hydrogen) atoms. The van der Waals surface area contributed by atoms with E-state index >= 15 is 0 Å². The zero-order chi connectivity index (χ0) is 8.97. The summed E-state index contributed by atoms with van der Waals surface area (Å²) >= 11 is 0. The summed E-state index contributed by atoms with van der Waals surface area (Å²) < 4.78 is 0. The van der Waals surface area contributed by atoms with E-state index in [4.69, 9.17) is 5.26 Å². The minimum atomic E-state index is 0.542. The van der Waals surface area contributed by atoms with Gasteiger partial charge in [0.2, 0.25) is 0 Å². The van der Waals surface area contributed by atoms with Crippen LogP contribution in [0.1, 0.15) is 12.5 Å². The molecule has 0 aromatic carbocycles. The number of anilines is 1. The van der Waals surface area contributed by atoms with E-state index in [1.807, 2.05) is 24.9 Å². The molecule has 1 aromatic rings. The smallest absolute Gasteiger partial charge is 0.152 e. The quantitative estimate of drug-likeness (QED) is 0.645. The maximum Gasteiger partial charge on any atom is 0.152 e. The molecule has 0 amide bonds. The molecule has 4 heteroatoms. The lowest BCUT2D eigenvalue weighted by Crippen LogP contribution is -2.17. The van der Waals surface area contributed by atoms with E-state index in [-0.39, 0.29) is 0 Å². The number of nitriles is 1. The van der Waals surface area contributed by atoms with Crippen molar-refractivity contribution in [2.75, 3.05) is 18.5 Å². The Morgan fingerprint density at radius 2 is 2.42 bits per heavy atom. The van der Waals surface area contributed by atoms with E-state index < -0.39 is 0 Å². The fourth-order valence-electron chi connectivity index (χ4n) is 0.765. The lowest BCUT2D eigenvalue weighted by molar-refractivity contribution is 0.894. The second-order valence-electron chi connectivity index (χ2n) is 2.43. The molecular formula is C8H10N4. The summed E-state index contributed by atoms with van der Waals surface area (Å²) in [6, 6.07) is 3.74. The molecule has 0 bridgehead atoms. The van der Waals surface area contributed by atoms with Gasteiger partial charge in [-0.3, -0.25) is 0 Å². The van der Waals surface area contributed by atoms with Crippen molar-refractivity contribution in [3.05, 3.63) is 17.8 Å². The molecule has 0 atom stereocenters. The first-order chi connectivity index (χ1) is 5.77. The Labute approximate surface area is 71.5 Å². The molecule has 0 aliphatic rings. The maximum atomic E-state index is 8.58. The van der Waals surface area contributed by atoms with Gasteiger partial charge < -0.3 is 4.90 Å². The lowest BCUT2D eigenvalue weighted by atomic mass is 10.3. The molecule has 0 N–H and O–H groups in total. The van der Waals surface area contributed by atoms with Crippen LogP contribution in [0.3, 0.4) is 0 Å². The summed E-state index contributed by atoms with van der Waals surface area (Å²) in [7, 11) is 1.91. The van der Waals surface area contributed by atoms with Crippen LogP contribution in [0.25, 0.3) is 0 Å². The summed E-state index contributed by atoms with van der Waals surface area (Å²) in [5, 5.41) is 16.2. The Bertz CT molecular complexity index is 302. The lowest BCUT2D eigenvalue weighted by Gasteiger charge is -2.13. The van der Waals surface area contributed by atoms with Crippen LogP contribution in [-0.2, 0) is 0 Å². The standard InChI is InChI=1S/C8H10N4/c1-3-12(2)8-4-7(5-9)6-10-11-8/h4,6H,3H2,1-2H3. The van der Waals surface area contributed by atoms with Gasteiger partial charge in [0.15, 0.2) is 5.82 Å². The van der Waals surface area contributed by atoms with E-state index in [2.05, 4.69) is 10.2 Å². The summed E-state index contributed by atoms with van der Waals surface area (Å²) in [4.78, 5) is 1.92. The molecule has 0 saturated heterocycles. The Balaban J connectivity index is 2.95. The zero-order valence-electron chi connectivity index (χ0n) is 7.15. The molecule has 1 aromatic heterocycles. The third kappa shape index (κ3) is 1.70. The normalized spacial score (nSPS) is 9.08. The molecule has 0 aliphatic heterocycles. The Morgan fingerprint density at radius 3 is 3.00 bits per heavy atom. The Morgan fingerprint density at radius 1 is 1.67 bits per heavy atom. The van der Waals surface area contributed by atoms with E-state index in [1.54, 1.807) is 6.07 Å². The van der Waals surface area contributed by atoms with Crippen LogP contribution in [0.15, 0.2) is 12.3 Å². The fourth-order valence-corrected chi connectivity index (χ4v) is 0.765. The maximum absolute atomic E-state index is 8.58.